The maximum absolute atomic E-state index is 13.6. The minimum atomic E-state index is -2.64. The minimum Gasteiger partial charge on any atom is -0.497 e. The second kappa shape index (κ2) is 13.5. The fourth-order valence-electron chi connectivity index (χ4n) is 6.57. The van der Waals surface area contributed by atoms with E-state index in [-0.39, 0.29) is 67.3 Å². The second-order valence-corrected chi connectivity index (χ2v) is 12.0. The van der Waals surface area contributed by atoms with Crippen molar-refractivity contribution in [2.45, 2.75) is 69.9 Å². The van der Waals surface area contributed by atoms with Gasteiger partial charge in [-0.3, -0.25) is 9.59 Å². The molecule has 3 fully saturated rings. The number of methoxy groups -OCH3 is 1. The van der Waals surface area contributed by atoms with Gasteiger partial charge in [-0.15, -0.1) is 12.4 Å². The summed E-state index contributed by atoms with van der Waals surface area (Å²) in [7, 11) is 1.65. The Morgan fingerprint density at radius 1 is 1.02 bits per heavy atom. The van der Waals surface area contributed by atoms with Crippen molar-refractivity contribution in [2.24, 2.45) is 11.3 Å². The summed E-state index contributed by atoms with van der Waals surface area (Å²) in [4.78, 5) is 30.4. The number of piperidine rings is 1. The number of carbonyl (C=O) groups excluding carboxylic acids is 2. The lowest BCUT2D eigenvalue weighted by molar-refractivity contribution is -0.130. The van der Waals surface area contributed by atoms with E-state index >= 15 is 0 Å². The molecule has 2 saturated heterocycles. The van der Waals surface area contributed by atoms with Crippen LogP contribution in [0.25, 0.3) is 0 Å². The van der Waals surface area contributed by atoms with E-state index in [9.17, 15) is 18.4 Å². The van der Waals surface area contributed by atoms with Crippen molar-refractivity contribution in [1.82, 2.24) is 15.1 Å². The van der Waals surface area contributed by atoms with E-state index in [1.54, 1.807) is 7.11 Å². The molecule has 1 N–H and O–H groups in total. The first-order valence-corrected chi connectivity index (χ1v) is 14.6. The van der Waals surface area contributed by atoms with Gasteiger partial charge in [0.1, 0.15) is 5.75 Å². The number of nitrogens with one attached hydrogen (secondary N) is 1. The normalized spacial score (nSPS) is 21.3. The number of hydrogen-bond donors (Lipinski definition) is 1. The summed E-state index contributed by atoms with van der Waals surface area (Å²) < 4.78 is 32.5. The SMILES string of the molecule is COc1ccc(CN2CC3(CCN(CC[C@H](NC(=O)C4CCC(F)(F)CC4)c4ccccc4)CC3)CC2=O)cc1.Cl. The van der Waals surface area contributed by atoms with Crippen molar-refractivity contribution in [3.63, 3.8) is 0 Å². The molecule has 41 heavy (non-hydrogen) atoms. The molecule has 6 nitrogen and oxygen atoms in total. The van der Waals surface area contributed by atoms with E-state index in [4.69, 9.17) is 4.74 Å². The zero-order valence-electron chi connectivity index (χ0n) is 23.8. The third-order valence-corrected chi connectivity index (χ3v) is 9.19. The van der Waals surface area contributed by atoms with Crippen LogP contribution in [0.5, 0.6) is 5.75 Å². The number of alkyl halides is 2. The highest BCUT2D eigenvalue weighted by Gasteiger charge is 2.44. The molecule has 5 rings (SSSR count). The largest absolute Gasteiger partial charge is 0.497 e. The third kappa shape index (κ3) is 7.98. The van der Waals surface area contributed by atoms with Crippen LogP contribution in [0, 0.1) is 11.3 Å². The lowest BCUT2D eigenvalue weighted by Crippen LogP contribution is -2.43. The van der Waals surface area contributed by atoms with E-state index in [0.29, 0.717) is 13.0 Å². The summed E-state index contributed by atoms with van der Waals surface area (Å²) >= 11 is 0. The maximum Gasteiger partial charge on any atom is 0.248 e. The van der Waals surface area contributed by atoms with Crippen molar-refractivity contribution < 1.29 is 23.1 Å². The Kier molecular flexibility index (Phi) is 10.3. The van der Waals surface area contributed by atoms with E-state index in [1.807, 2.05) is 59.5 Å². The molecular formula is C32H42ClF2N3O3. The van der Waals surface area contributed by atoms with Gasteiger partial charge in [0.05, 0.1) is 13.2 Å². The van der Waals surface area contributed by atoms with E-state index in [1.165, 1.54) is 0 Å². The van der Waals surface area contributed by atoms with Gasteiger partial charge in [-0.1, -0.05) is 42.5 Å². The Hall–Kier alpha value is -2.71. The summed E-state index contributed by atoms with van der Waals surface area (Å²) in [6.07, 6.45) is 3.39. The Labute approximate surface area is 248 Å². The minimum absolute atomic E-state index is 0. The fraction of sp³-hybridized carbons (Fsp3) is 0.562. The average molecular weight is 590 g/mol. The Balaban J connectivity index is 0.00000387. The van der Waals surface area contributed by atoms with Gasteiger partial charge in [0, 0.05) is 44.8 Å². The number of likely N-dealkylation sites (tertiary alicyclic amines) is 2. The monoisotopic (exact) mass is 589 g/mol. The lowest BCUT2D eigenvalue weighted by atomic mass is 9.77. The van der Waals surface area contributed by atoms with Gasteiger partial charge < -0.3 is 19.9 Å². The van der Waals surface area contributed by atoms with E-state index < -0.39 is 5.92 Å². The number of benzene rings is 2. The van der Waals surface area contributed by atoms with Gasteiger partial charge in [-0.05, 0) is 73.9 Å². The molecule has 1 atom stereocenters. The molecule has 3 aliphatic rings. The number of amides is 2. The summed E-state index contributed by atoms with van der Waals surface area (Å²) in [6.45, 7) is 4.12. The summed E-state index contributed by atoms with van der Waals surface area (Å²) in [5.74, 6) is -2.05. The molecular weight excluding hydrogens is 548 g/mol. The number of ether oxygens (including phenoxy) is 1. The molecule has 1 aliphatic carbocycles. The number of halogens is 3. The highest BCUT2D eigenvalue weighted by Crippen LogP contribution is 2.42. The van der Waals surface area contributed by atoms with Gasteiger partial charge in [-0.2, -0.15) is 0 Å². The first-order chi connectivity index (χ1) is 19.2. The van der Waals surface area contributed by atoms with Gasteiger partial charge in [0.2, 0.25) is 17.7 Å². The average Bonchev–Trinajstić information content (AvgIpc) is 3.26. The standard InChI is InChI=1S/C32H41F2N3O3.ClH/c1-40-27-9-7-24(8-10-27)22-37-23-31(21-29(37)38)16-19-36(20-17-31)18-13-28(25-5-3-2-4-6-25)35-30(39)26-11-14-32(33,34)15-12-26;/h2-10,26,28H,11-23H2,1H3,(H,35,39);1H/t28-;/m0./s1. The number of nitrogens with zero attached hydrogens (tertiary/aromatic N) is 2. The van der Waals surface area contributed by atoms with Gasteiger partial charge >= 0.3 is 0 Å². The molecule has 9 heteroatoms. The zero-order chi connectivity index (χ0) is 28.2. The topological polar surface area (TPSA) is 61.9 Å². The molecule has 0 radical (unpaired) electrons. The first kappa shape index (κ1) is 31.2. The van der Waals surface area contributed by atoms with Crippen molar-refractivity contribution in [1.29, 1.82) is 0 Å². The van der Waals surface area contributed by atoms with Crippen LogP contribution in [0.1, 0.15) is 68.5 Å². The van der Waals surface area contributed by atoms with Gasteiger partial charge in [-0.25, -0.2) is 8.78 Å². The molecule has 0 bridgehead atoms. The molecule has 2 aliphatic heterocycles. The van der Waals surface area contributed by atoms with E-state index in [2.05, 4.69) is 10.2 Å². The van der Waals surface area contributed by atoms with Gasteiger partial charge in [0.25, 0.3) is 0 Å². The molecule has 2 amide bonds. The fourth-order valence-corrected chi connectivity index (χ4v) is 6.57. The Morgan fingerprint density at radius 2 is 1.68 bits per heavy atom. The Morgan fingerprint density at radius 3 is 2.32 bits per heavy atom. The quantitative estimate of drug-likeness (QED) is 0.389. The maximum atomic E-state index is 13.6. The van der Waals surface area contributed by atoms with Crippen molar-refractivity contribution >= 4 is 24.2 Å². The predicted molar refractivity (Wildman–Crippen MR) is 157 cm³/mol. The van der Waals surface area contributed by atoms with Crippen molar-refractivity contribution in [3.8, 4) is 5.75 Å². The van der Waals surface area contributed by atoms with Crippen LogP contribution in [0.3, 0.4) is 0 Å². The van der Waals surface area contributed by atoms with Gasteiger partial charge in [0.15, 0.2) is 0 Å². The van der Waals surface area contributed by atoms with E-state index in [0.717, 1.165) is 62.3 Å². The predicted octanol–water partition coefficient (Wildman–Crippen LogP) is 6.00. The van der Waals surface area contributed by atoms with Crippen LogP contribution in [-0.2, 0) is 16.1 Å². The second-order valence-electron chi connectivity index (χ2n) is 12.0. The molecule has 2 heterocycles. The molecule has 224 valence electrons. The van der Waals surface area contributed by atoms with Crippen LogP contribution in [0.15, 0.2) is 54.6 Å². The van der Waals surface area contributed by atoms with Crippen LogP contribution in [-0.4, -0.2) is 60.8 Å². The lowest BCUT2D eigenvalue weighted by Gasteiger charge is -2.39. The summed E-state index contributed by atoms with van der Waals surface area (Å²) in [6, 6.07) is 17.7. The molecule has 2 aromatic rings. The van der Waals surface area contributed by atoms with Crippen LogP contribution in [0.4, 0.5) is 8.78 Å². The van der Waals surface area contributed by atoms with Crippen LogP contribution < -0.4 is 10.1 Å². The molecule has 0 aromatic heterocycles. The zero-order valence-corrected chi connectivity index (χ0v) is 24.6. The molecule has 0 unspecified atom stereocenters. The van der Waals surface area contributed by atoms with Crippen molar-refractivity contribution in [2.75, 3.05) is 33.3 Å². The molecule has 2 aromatic carbocycles. The number of carbonyl (C=O) groups is 2. The van der Waals surface area contributed by atoms with Crippen LogP contribution >= 0.6 is 12.4 Å². The highest BCUT2D eigenvalue weighted by molar-refractivity contribution is 5.85. The molecule has 1 saturated carbocycles. The molecule has 1 spiro atoms. The Bertz CT molecular complexity index is 1150. The van der Waals surface area contributed by atoms with Crippen LogP contribution in [0.2, 0.25) is 0 Å². The number of hydrogen-bond acceptors (Lipinski definition) is 4. The third-order valence-electron chi connectivity index (χ3n) is 9.19. The highest BCUT2D eigenvalue weighted by atomic mass is 35.5. The smallest absolute Gasteiger partial charge is 0.248 e. The number of rotatable bonds is 9. The van der Waals surface area contributed by atoms with Crippen molar-refractivity contribution in [3.05, 3.63) is 65.7 Å². The summed E-state index contributed by atoms with van der Waals surface area (Å²) in [5.41, 5.74) is 2.19. The summed E-state index contributed by atoms with van der Waals surface area (Å²) in [5, 5.41) is 3.19. The first-order valence-electron chi connectivity index (χ1n) is 14.6.